The Morgan fingerprint density at radius 1 is 1.26 bits per heavy atom. The van der Waals surface area contributed by atoms with E-state index in [1.165, 1.54) is 49.3 Å². The minimum atomic E-state index is -3.46. The van der Waals surface area contributed by atoms with Gasteiger partial charge in [-0.1, -0.05) is 53.8 Å². The van der Waals surface area contributed by atoms with Crippen molar-refractivity contribution in [2.24, 2.45) is 5.92 Å². The summed E-state index contributed by atoms with van der Waals surface area (Å²) in [5.74, 6) is -6.46. The summed E-state index contributed by atoms with van der Waals surface area (Å²) in [5, 5.41) is 54.5. The topological polar surface area (TPSA) is 196 Å². The first-order valence-electron chi connectivity index (χ1n) is 13.5. The van der Waals surface area contributed by atoms with E-state index >= 15 is 0 Å². The van der Waals surface area contributed by atoms with Gasteiger partial charge in [0.25, 0.3) is 5.78 Å². The molecule has 42 heavy (non-hydrogen) atoms. The average molecular weight is 604 g/mol. The number of aliphatic hydroxyl groups is 5. The molecule has 12 heteroatoms. The van der Waals surface area contributed by atoms with Crippen LogP contribution in [0.2, 0.25) is 0 Å². The van der Waals surface area contributed by atoms with Crippen molar-refractivity contribution in [2.45, 2.75) is 65.8 Å². The lowest BCUT2D eigenvalue weighted by Crippen LogP contribution is -2.70. The maximum Gasteiger partial charge on any atom is 0.264 e. The number of hydrogen-bond donors (Lipinski definition) is 5. The van der Waals surface area contributed by atoms with Gasteiger partial charge in [0.2, 0.25) is 5.78 Å². The fraction of sp³-hybridized carbons (Fsp3) is 0.433. The van der Waals surface area contributed by atoms with E-state index in [0.717, 1.165) is 10.5 Å². The first-order valence-corrected chi connectivity index (χ1v) is 13.9. The molecule has 226 valence electrons. The molecule has 0 spiro atoms. The van der Waals surface area contributed by atoms with Gasteiger partial charge in [-0.05, 0) is 37.1 Å². The molecule has 1 aromatic carbocycles. The number of ketones is 4. The number of hydrogen-bond acceptors (Lipinski definition) is 12. The van der Waals surface area contributed by atoms with Gasteiger partial charge in [0.05, 0.1) is 6.61 Å². The Hall–Kier alpha value is -3.10. The zero-order chi connectivity index (χ0) is 32.2. The number of allylic oxidation sites excluding steroid dienone is 4. The normalized spacial score (nSPS) is 25.1. The predicted molar refractivity (Wildman–Crippen MR) is 150 cm³/mol. The number of aliphatic hydroxyl groups excluding tert-OH is 3. The van der Waals surface area contributed by atoms with Crippen molar-refractivity contribution in [3.8, 4) is 0 Å². The average Bonchev–Trinajstić information content (AvgIpc) is 2.97. The van der Waals surface area contributed by atoms with Gasteiger partial charge < -0.3 is 30.3 Å². The van der Waals surface area contributed by atoms with Crippen LogP contribution in [0.3, 0.4) is 0 Å². The van der Waals surface area contributed by atoms with E-state index in [0.29, 0.717) is 0 Å². The minimum absolute atomic E-state index is 0.0635. The molecule has 0 bridgehead atoms. The molecule has 0 radical (unpaired) electrons. The van der Waals surface area contributed by atoms with Crippen LogP contribution in [-0.2, 0) is 28.7 Å². The lowest BCUT2D eigenvalue weighted by atomic mass is 9.65. The van der Waals surface area contributed by atoms with Crippen molar-refractivity contribution in [1.82, 2.24) is 0 Å². The van der Waals surface area contributed by atoms with E-state index in [1.54, 1.807) is 0 Å². The molecule has 2 unspecified atom stereocenters. The Bertz CT molecular complexity index is 1390. The van der Waals surface area contributed by atoms with Gasteiger partial charge in [0, 0.05) is 37.2 Å². The molecule has 2 aliphatic rings. The number of benzene rings is 1. The molecule has 0 fully saturated rings. The number of rotatable bonds is 14. The van der Waals surface area contributed by atoms with Crippen molar-refractivity contribution in [3.63, 3.8) is 0 Å². The van der Waals surface area contributed by atoms with Gasteiger partial charge in [0.1, 0.15) is 29.9 Å². The molecular weight excluding hydrogens is 568 g/mol. The van der Waals surface area contributed by atoms with E-state index in [9.17, 15) is 49.5 Å². The molecule has 0 amide bonds. The van der Waals surface area contributed by atoms with E-state index < -0.39 is 83.1 Å². The largest absolute Gasteiger partial charge is 0.394 e. The summed E-state index contributed by atoms with van der Waals surface area (Å²) in [6.45, 7) is 0.711. The SMILES string of the molecule is [2H]C(=O)C(=O)C(=O)[C@](O)(CC1C=CC(OC)(Sc2ccccc2C)CC1=O)[C@](O)(CC1=CC=CC(=O)C1)[C@H](O)[C@H](O)CO. The fourth-order valence-electron chi connectivity index (χ4n) is 5.13. The highest BCUT2D eigenvalue weighted by molar-refractivity contribution is 8.00. The molecule has 0 aliphatic heterocycles. The van der Waals surface area contributed by atoms with Gasteiger partial charge in [0.15, 0.2) is 17.6 Å². The third-order valence-corrected chi connectivity index (χ3v) is 9.07. The highest BCUT2D eigenvalue weighted by Gasteiger charge is 2.62. The Balaban J connectivity index is 2.10. The van der Waals surface area contributed by atoms with E-state index in [1.807, 2.05) is 31.2 Å². The second-order valence-corrected chi connectivity index (χ2v) is 11.8. The number of thioether (sulfide) groups is 1. The van der Waals surface area contributed by atoms with Crippen LogP contribution in [0.25, 0.3) is 0 Å². The van der Waals surface area contributed by atoms with Gasteiger partial charge in [-0.15, -0.1) is 0 Å². The third-order valence-electron chi connectivity index (χ3n) is 7.60. The minimum Gasteiger partial charge on any atom is -0.394 e. The second-order valence-electron chi connectivity index (χ2n) is 10.4. The first-order chi connectivity index (χ1) is 20.1. The van der Waals surface area contributed by atoms with Crippen LogP contribution in [0.15, 0.2) is 65.1 Å². The molecule has 0 heterocycles. The van der Waals surface area contributed by atoms with Crippen molar-refractivity contribution >= 4 is 41.2 Å². The van der Waals surface area contributed by atoms with Crippen LogP contribution in [0.5, 0.6) is 0 Å². The number of aldehydes is 1. The zero-order valence-corrected chi connectivity index (χ0v) is 23.9. The van der Waals surface area contributed by atoms with E-state index in [-0.39, 0.29) is 18.4 Å². The number of methoxy groups -OCH3 is 1. The third kappa shape index (κ3) is 6.76. The molecular formula is C30H34O11S. The number of carbonyl (C=O) groups excluding carboxylic acids is 5. The molecule has 6 atom stereocenters. The standard InChI is InChI=1S/C30H34O11S/c1-18-6-3-4-9-25(18)42-28(41-2)11-10-20(22(34)15-28)14-30(40,27(38)24(36)17-32)29(39,26(37)23(35)16-31)13-19-7-5-8-21(33)12-19/h3-11,17,20,23,26,31,35,37,39-40H,12-16H2,1-2H3/t20?,23-,26-,28?,29+,30-/m1/s1/i17D. The summed E-state index contributed by atoms with van der Waals surface area (Å²) >= 11 is 1.24. The predicted octanol–water partition coefficient (Wildman–Crippen LogP) is 0.324. The van der Waals surface area contributed by atoms with Crippen LogP contribution in [0.4, 0.5) is 0 Å². The summed E-state index contributed by atoms with van der Waals surface area (Å²) < 4.78 is 12.8. The van der Waals surface area contributed by atoms with Gasteiger partial charge in [-0.25, -0.2) is 0 Å². The quantitative estimate of drug-likeness (QED) is 0.0643. The smallest absolute Gasteiger partial charge is 0.264 e. The van der Waals surface area contributed by atoms with Gasteiger partial charge in [-0.3, -0.25) is 24.0 Å². The highest BCUT2D eigenvalue weighted by Crippen LogP contribution is 2.46. The second kappa shape index (κ2) is 13.5. The lowest BCUT2D eigenvalue weighted by Gasteiger charge is -2.47. The number of ether oxygens (including phenoxy) is 1. The summed E-state index contributed by atoms with van der Waals surface area (Å²) in [4.78, 5) is 62.7. The van der Waals surface area contributed by atoms with Crippen LogP contribution in [-0.4, -0.2) is 97.0 Å². The number of carbonyl (C=O) groups is 5. The molecule has 5 N–H and O–H groups in total. The summed E-state index contributed by atoms with van der Waals surface area (Å²) in [7, 11) is 1.39. The first kappa shape index (κ1) is 31.8. The molecule has 2 aliphatic carbocycles. The molecule has 0 saturated heterocycles. The summed E-state index contributed by atoms with van der Waals surface area (Å²) in [5.41, 5.74) is -5.71. The summed E-state index contributed by atoms with van der Waals surface area (Å²) in [6, 6.07) is 7.36. The summed E-state index contributed by atoms with van der Waals surface area (Å²) in [6.07, 6.45) is -2.62. The Morgan fingerprint density at radius 3 is 2.52 bits per heavy atom. The van der Waals surface area contributed by atoms with Crippen molar-refractivity contribution in [2.75, 3.05) is 13.7 Å². The van der Waals surface area contributed by atoms with Crippen molar-refractivity contribution in [1.29, 1.82) is 0 Å². The number of Topliss-reactive ketones (excluding diaryl/α,β-unsaturated/α-hetero) is 3. The van der Waals surface area contributed by atoms with Crippen LogP contribution in [0.1, 0.15) is 32.6 Å². The van der Waals surface area contributed by atoms with E-state index in [4.69, 9.17) is 6.11 Å². The maximum absolute atomic E-state index is 13.5. The Morgan fingerprint density at radius 2 is 1.95 bits per heavy atom. The van der Waals surface area contributed by atoms with E-state index in [2.05, 4.69) is 0 Å². The Kier molecular flexibility index (Phi) is 10.2. The zero-order valence-electron chi connectivity index (χ0n) is 24.1. The highest BCUT2D eigenvalue weighted by atomic mass is 32.2. The lowest BCUT2D eigenvalue weighted by molar-refractivity contribution is -0.226. The molecule has 11 nitrogen and oxygen atoms in total. The van der Waals surface area contributed by atoms with Crippen LogP contribution >= 0.6 is 11.8 Å². The van der Waals surface area contributed by atoms with Crippen LogP contribution in [0, 0.1) is 12.8 Å². The van der Waals surface area contributed by atoms with Crippen molar-refractivity contribution < 1.29 is 55.6 Å². The van der Waals surface area contributed by atoms with Gasteiger partial charge >= 0.3 is 0 Å². The van der Waals surface area contributed by atoms with Crippen molar-refractivity contribution in [3.05, 3.63) is 65.8 Å². The molecule has 0 saturated carbocycles. The maximum atomic E-state index is 13.5. The monoisotopic (exact) mass is 603 g/mol. The molecule has 3 rings (SSSR count). The van der Waals surface area contributed by atoms with Crippen LogP contribution < -0.4 is 0 Å². The Labute approximate surface area is 248 Å². The number of aryl methyl sites for hydroxylation is 1. The fourth-order valence-corrected chi connectivity index (χ4v) is 6.32. The van der Waals surface area contributed by atoms with Gasteiger partial charge in [-0.2, -0.15) is 0 Å². The molecule has 1 aromatic rings. The molecule has 0 aromatic heterocycles.